The molecular weight excluding hydrogens is 594 g/mol. The highest BCUT2D eigenvalue weighted by molar-refractivity contribution is 8.00. The minimum Gasteiger partial charge on any atom is -0.481 e. The van der Waals surface area contributed by atoms with Gasteiger partial charge in [-0.05, 0) is 44.1 Å². The molecule has 0 saturated carbocycles. The third-order valence-electron chi connectivity index (χ3n) is 6.81. The van der Waals surface area contributed by atoms with Crippen molar-refractivity contribution in [3.8, 4) is 5.88 Å². The molecule has 5 heterocycles. The van der Waals surface area contributed by atoms with E-state index in [1.165, 1.54) is 31.1 Å². The molecule has 1 saturated heterocycles. The molecule has 0 aliphatic carbocycles. The highest BCUT2D eigenvalue weighted by Gasteiger charge is 2.60. The number of carbonyl (C=O) groups excluding carboxylic acids is 2. The quantitative estimate of drug-likeness (QED) is 0.419. The van der Waals surface area contributed by atoms with E-state index in [0.29, 0.717) is 34.9 Å². The molecule has 16 heteroatoms. The molecule has 0 radical (unpaired) electrons. The van der Waals surface area contributed by atoms with Gasteiger partial charge in [0.25, 0.3) is 0 Å². The van der Waals surface area contributed by atoms with Crippen LogP contribution in [0.2, 0.25) is 0 Å². The third-order valence-corrected chi connectivity index (χ3v) is 7.79. The third kappa shape index (κ3) is 6.35. The second kappa shape index (κ2) is 12.7. The molecule has 0 aromatic carbocycles. The summed E-state index contributed by atoms with van der Waals surface area (Å²) in [6.45, 7) is 0.616. The number of hydrogen-bond acceptors (Lipinski definition) is 9. The largest absolute Gasteiger partial charge is 0.481 e. The molecule has 0 atom stereocenters. The number of pyridine rings is 2. The van der Waals surface area contributed by atoms with Crippen LogP contribution < -0.4 is 15.4 Å². The zero-order chi connectivity index (χ0) is 26.9. The number of nitrogens with zero attached hydrogens (tertiary/aromatic N) is 5. The summed E-state index contributed by atoms with van der Waals surface area (Å²) in [4.78, 5) is 35.1. The first kappa shape index (κ1) is 31.6. The fourth-order valence-electron chi connectivity index (χ4n) is 4.59. The number of halogens is 5. The Hall–Kier alpha value is -2.94. The zero-order valence-corrected chi connectivity index (χ0v) is 23.6. The number of hydrogen-bond donors (Lipinski definition) is 2. The second-order valence-corrected chi connectivity index (χ2v) is 10.1. The lowest BCUT2D eigenvalue weighted by Crippen LogP contribution is -2.54. The monoisotopic (exact) mass is 619 g/mol. The van der Waals surface area contributed by atoms with E-state index >= 15 is 0 Å². The van der Waals surface area contributed by atoms with Gasteiger partial charge < -0.3 is 20.3 Å². The number of methoxy groups -OCH3 is 1. The van der Waals surface area contributed by atoms with E-state index in [4.69, 9.17) is 4.74 Å². The molecule has 3 aromatic heterocycles. The van der Waals surface area contributed by atoms with Crippen LogP contribution in [0.3, 0.4) is 0 Å². The molecule has 0 bridgehead atoms. The van der Waals surface area contributed by atoms with Crippen molar-refractivity contribution >= 4 is 70.8 Å². The van der Waals surface area contributed by atoms with Crippen molar-refractivity contribution in [3.63, 3.8) is 0 Å². The summed E-state index contributed by atoms with van der Waals surface area (Å²) in [5, 5.41) is 14.2. The summed E-state index contributed by atoms with van der Waals surface area (Å²) >= 11 is 1.31. The highest BCUT2D eigenvalue weighted by atomic mass is 35.5. The van der Waals surface area contributed by atoms with Gasteiger partial charge in [0.15, 0.2) is 0 Å². The molecule has 10 nitrogen and oxygen atoms in total. The lowest BCUT2D eigenvalue weighted by molar-refractivity contribution is -0.230. The number of amides is 2. The molecule has 5 rings (SSSR count). The predicted molar refractivity (Wildman–Crippen MR) is 148 cm³/mol. The van der Waals surface area contributed by atoms with E-state index < -0.39 is 17.5 Å². The number of carbonyl (C=O) groups is 2. The number of thioether (sulfide) groups is 1. The van der Waals surface area contributed by atoms with Crippen molar-refractivity contribution in [3.05, 3.63) is 36.2 Å². The van der Waals surface area contributed by atoms with Gasteiger partial charge in [-0.25, -0.2) is 4.98 Å². The summed E-state index contributed by atoms with van der Waals surface area (Å²) in [5.41, 5.74) is -0.506. The van der Waals surface area contributed by atoms with Crippen LogP contribution in [0.5, 0.6) is 5.88 Å². The van der Waals surface area contributed by atoms with Crippen LogP contribution in [0, 0.1) is 5.41 Å². The Morgan fingerprint density at radius 1 is 1.20 bits per heavy atom. The summed E-state index contributed by atoms with van der Waals surface area (Å²) in [5.74, 6) is -0.695. The Bertz CT molecular complexity index is 1390. The van der Waals surface area contributed by atoms with Gasteiger partial charge in [-0.2, -0.15) is 18.3 Å². The van der Waals surface area contributed by atoms with Gasteiger partial charge in [0.2, 0.25) is 17.7 Å². The molecule has 3 aromatic rings. The van der Waals surface area contributed by atoms with Crippen LogP contribution in [-0.2, 0) is 16.0 Å². The SMILES string of the molecule is COc1ccc2nccc(NC(=O)C3(C(F)(F)F)CCN(CCc4cc5c(nn4)SCC(=O)N5)CC3)c2n1.Cl.Cl. The number of likely N-dealkylation sites (tertiary alicyclic amines) is 1. The number of fused-ring (bicyclic) bond motifs is 2. The number of piperidine rings is 1. The normalized spacial score (nSPS) is 16.6. The first-order valence-corrected chi connectivity index (χ1v) is 12.9. The molecule has 2 N–H and O–H groups in total. The average molecular weight is 620 g/mol. The molecule has 216 valence electrons. The average Bonchev–Trinajstić information content (AvgIpc) is 2.91. The van der Waals surface area contributed by atoms with Crippen molar-refractivity contribution in [2.24, 2.45) is 5.41 Å². The minimum atomic E-state index is -4.74. The maximum atomic E-state index is 14.4. The number of aromatic nitrogens is 4. The first-order valence-electron chi connectivity index (χ1n) is 11.9. The van der Waals surface area contributed by atoms with E-state index in [1.807, 2.05) is 4.90 Å². The van der Waals surface area contributed by atoms with Gasteiger partial charge in [0.05, 0.1) is 35.4 Å². The fourth-order valence-corrected chi connectivity index (χ4v) is 5.30. The van der Waals surface area contributed by atoms with Crippen molar-refractivity contribution in [2.45, 2.75) is 30.5 Å². The van der Waals surface area contributed by atoms with Crippen molar-refractivity contribution in [2.75, 3.05) is 43.1 Å². The topological polar surface area (TPSA) is 122 Å². The molecular formula is C24H26Cl2F3N7O3S. The van der Waals surface area contributed by atoms with Gasteiger partial charge >= 0.3 is 6.18 Å². The maximum Gasteiger partial charge on any atom is 0.403 e. The fraction of sp³-hybridized carbons (Fsp3) is 0.417. The molecule has 1 fully saturated rings. The van der Waals surface area contributed by atoms with E-state index in [0.717, 1.165) is 0 Å². The van der Waals surface area contributed by atoms with E-state index in [2.05, 4.69) is 30.8 Å². The van der Waals surface area contributed by atoms with Gasteiger partial charge in [-0.1, -0.05) is 11.8 Å². The van der Waals surface area contributed by atoms with Gasteiger partial charge in [0, 0.05) is 25.2 Å². The van der Waals surface area contributed by atoms with E-state index in [-0.39, 0.29) is 79.5 Å². The minimum absolute atomic E-state index is 0. The van der Waals surface area contributed by atoms with Crippen molar-refractivity contribution < 1.29 is 27.5 Å². The molecule has 0 spiro atoms. The molecule has 2 amide bonds. The Balaban J connectivity index is 0.00000220. The van der Waals surface area contributed by atoms with Crippen LogP contribution in [0.15, 0.2) is 35.5 Å². The maximum absolute atomic E-state index is 14.4. The van der Waals surface area contributed by atoms with Crippen LogP contribution in [0.4, 0.5) is 24.5 Å². The molecule has 2 aliphatic rings. The van der Waals surface area contributed by atoms with Gasteiger partial charge in [-0.15, -0.1) is 29.9 Å². The van der Waals surface area contributed by atoms with Crippen molar-refractivity contribution in [1.82, 2.24) is 25.1 Å². The van der Waals surface area contributed by atoms with Crippen LogP contribution >= 0.6 is 36.6 Å². The molecule has 40 heavy (non-hydrogen) atoms. The van der Waals surface area contributed by atoms with Crippen LogP contribution in [0.25, 0.3) is 11.0 Å². The lowest BCUT2D eigenvalue weighted by atomic mass is 9.76. The molecule has 0 unspecified atom stereocenters. The number of ether oxygens (including phenoxy) is 1. The van der Waals surface area contributed by atoms with E-state index in [9.17, 15) is 22.8 Å². The number of anilines is 2. The Kier molecular flexibility index (Phi) is 10.0. The Morgan fingerprint density at radius 2 is 1.95 bits per heavy atom. The highest BCUT2D eigenvalue weighted by Crippen LogP contribution is 2.47. The summed E-state index contributed by atoms with van der Waals surface area (Å²) in [6.07, 6.45) is -3.66. The Labute approximate surface area is 244 Å². The molecule has 2 aliphatic heterocycles. The smallest absolute Gasteiger partial charge is 0.403 e. The van der Waals surface area contributed by atoms with Crippen LogP contribution in [0.1, 0.15) is 18.5 Å². The van der Waals surface area contributed by atoms with Crippen LogP contribution in [-0.4, -0.2) is 75.6 Å². The number of nitrogens with one attached hydrogen (secondary N) is 2. The van der Waals surface area contributed by atoms with Gasteiger partial charge in [0.1, 0.15) is 16.0 Å². The second-order valence-electron chi connectivity index (χ2n) is 9.10. The Morgan fingerprint density at radius 3 is 2.65 bits per heavy atom. The van der Waals surface area contributed by atoms with E-state index in [1.54, 1.807) is 18.2 Å². The van der Waals surface area contributed by atoms with Gasteiger partial charge in [-0.3, -0.25) is 14.6 Å². The standard InChI is InChI=1S/C24H24F3N7O3S.2ClH/c1-37-19-3-2-15-20(31-19)16(4-8-28-15)30-22(36)23(24(25,26)27)6-10-34(11-7-23)9-5-14-12-17-21(33-32-14)38-13-18(35)29-17;;/h2-4,8,12H,5-7,9-11,13H2,1H3,(H,29,35)(H,28,30,36);2*1H. The summed E-state index contributed by atoms with van der Waals surface area (Å²) < 4.78 is 48.2. The number of alkyl halides is 3. The zero-order valence-electron chi connectivity index (χ0n) is 21.2. The van der Waals surface area contributed by atoms with Crippen molar-refractivity contribution in [1.29, 1.82) is 0 Å². The predicted octanol–water partition coefficient (Wildman–Crippen LogP) is 4.14. The number of rotatable bonds is 6. The first-order chi connectivity index (χ1) is 18.2. The summed E-state index contributed by atoms with van der Waals surface area (Å²) in [6, 6.07) is 6.37. The summed E-state index contributed by atoms with van der Waals surface area (Å²) in [7, 11) is 1.42. The lowest BCUT2D eigenvalue weighted by Gasteiger charge is -2.41.